The Hall–Kier alpha value is -3.32. The second kappa shape index (κ2) is 9.74. The maximum Gasteiger partial charge on any atom is 0.405 e. The fraction of sp³-hybridized carbons (Fsp3) is 0.450. The summed E-state index contributed by atoms with van der Waals surface area (Å²) in [6.45, 7) is 2.43. The number of aromatic amines is 1. The average Bonchev–Trinajstić information content (AvgIpc) is 3.17. The maximum absolute atomic E-state index is 12.9. The van der Waals surface area contributed by atoms with E-state index in [9.17, 15) is 29.1 Å². The molecule has 14 nitrogen and oxygen atoms in total. The van der Waals surface area contributed by atoms with E-state index in [1.807, 2.05) is 0 Å². The minimum absolute atomic E-state index is 0.121. The number of nitrogens with one attached hydrogen (secondary N) is 1. The molecule has 1 fully saturated rings. The molecule has 0 bridgehead atoms. The molecular weight excluding hydrogens is 489 g/mol. The number of nitro benzene ring substituents is 1. The highest BCUT2D eigenvalue weighted by atomic mass is 31.2. The highest BCUT2D eigenvalue weighted by Crippen LogP contribution is 2.54. The molecule has 2 aliphatic rings. The number of carbonyl (C=O) groups excluding carboxylic acids is 1. The Labute approximate surface area is 197 Å². The van der Waals surface area contributed by atoms with Crippen LogP contribution < -0.4 is 15.8 Å². The molecule has 0 spiro atoms. The van der Waals surface area contributed by atoms with E-state index in [4.69, 9.17) is 23.3 Å². The second-order valence-corrected chi connectivity index (χ2v) is 9.94. The Morgan fingerprint density at radius 1 is 1.37 bits per heavy atom. The molecule has 15 heteroatoms. The van der Waals surface area contributed by atoms with Gasteiger partial charge in [-0.15, -0.1) is 0 Å². The number of hydrogen-bond donors (Lipinski definition) is 1. The fourth-order valence-corrected chi connectivity index (χ4v) is 5.05. The number of esters is 1. The number of ether oxygens (including phenoxy) is 3. The number of hydrogen-bond acceptors (Lipinski definition) is 11. The Morgan fingerprint density at radius 2 is 2.14 bits per heavy atom. The molecule has 188 valence electrons. The zero-order valence-electron chi connectivity index (χ0n) is 18.7. The van der Waals surface area contributed by atoms with Crippen molar-refractivity contribution in [2.24, 2.45) is 0 Å². The number of non-ortho nitro benzene ring substituents is 1. The van der Waals surface area contributed by atoms with Crippen LogP contribution >= 0.6 is 7.60 Å². The van der Waals surface area contributed by atoms with Crippen molar-refractivity contribution in [3.63, 3.8) is 0 Å². The third-order valence-electron chi connectivity index (χ3n) is 5.39. The molecule has 35 heavy (non-hydrogen) atoms. The first-order chi connectivity index (χ1) is 16.5. The molecule has 2 aromatic rings. The van der Waals surface area contributed by atoms with Crippen LogP contribution in [0, 0.1) is 17.0 Å². The predicted molar refractivity (Wildman–Crippen MR) is 117 cm³/mol. The topological polar surface area (TPSA) is 178 Å². The van der Waals surface area contributed by atoms with Gasteiger partial charge in [-0.2, -0.15) is 0 Å². The Morgan fingerprint density at radius 3 is 2.86 bits per heavy atom. The summed E-state index contributed by atoms with van der Waals surface area (Å²) in [5.74, 6) is -0.372. The van der Waals surface area contributed by atoms with Gasteiger partial charge in [0.15, 0.2) is 6.35 Å². The minimum atomic E-state index is -3.73. The van der Waals surface area contributed by atoms with E-state index in [0.29, 0.717) is 11.1 Å². The van der Waals surface area contributed by atoms with Gasteiger partial charge in [0.1, 0.15) is 24.2 Å². The zero-order valence-corrected chi connectivity index (χ0v) is 19.6. The van der Waals surface area contributed by atoms with Crippen LogP contribution in [0.5, 0.6) is 5.75 Å². The summed E-state index contributed by atoms with van der Waals surface area (Å²) in [6.07, 6.45) is -1.41. The van der Waals surface area contributed by atoms with Crippen LogP contribution in [0.3, 0.4) is 0 Å². The van der Waals surface area contributed by atoms with E-state index >= 15 is 0 Å². The molecule has 1 N–H and O–H groups in total. The Balaban J connectivity index is 1.41. The van der Waals surface area contributed by atoms with Gasteiger partial charge in [0.05, 0.1) is 18.1 Å². The van der Waals surface area contributed by atoms with Crippen molar-refractivity contribution in [3.05, 3.63) is 66.5 Å². The van der Waals surface area contributed by atoms with E-state index in [2.05, 4.69) is 4.98 Å². The van der Waals surface area contributed by atoms with Gasteiger partial charge in [-0.25, -0.2) is 9.36 Å². The van der Waals surface area contributed by atoms with Gasteiger partial charge in [-0.05, 0) is 13.0 Å². The van der Waals surface area contributed by atoms with Gasteiger partial charge in [-0.1, -0.05) is 0 Å². The lowest BCUT2D eigenvalue weighted by molar-refractivity contribution is -0.385. The van der Waals surface area contributed by atoms with Gasteiger partial charge in [0.2, 0.25) is 0 Å². The van der Waals surface area contributed by atoms with Gasteiger partial charge in [-0.3, -0.25) is 33.8 Å². The van der Waals surface area contributed by atoms with Gasteiger partial charge in [0.25, 0.3) is 11.2 Å². The predicted octanol–water partition coefficient (Wildman–Crippen LogP) is 1.75. The highest BCUT2D eigenvalue weighted by Gasteiger charge is 2.40. The number of carbonyl (C=O) groups is 1. The van der Waals surface area contributed by atoms with E-state index in [0.717, 1.165) is 0 Å². The van der Waals surface area contributed by atoms with Crippen LogP contribution in [0.25, 0.3) is 0 Å². The summed E-state index contributed by atoms with van der Waals surface area (Å²) in [5.41, 5.74) is -0.670. The normalized spacial score (nSPS) is 25.5. The number of fused-ring (bicyclic) bond motifs is 1. The Kier molecular flexibility index (Phi) is 6.90. The average molecular weight is 511 g/mol. The monoisotopic (exact) mass is 511 g/mol. The van der Waals surface area contributed by atoms with E-state index < -0.39 is 54.5 Å². The van der Waals surface area contributed by atoms with E-state index in [-0.39, 0.29) is 31.1 Å². The number of rotatable bonds is 7. The summed E-state index contributed by atoms with van der Waals surface area (Å²) < 4.78 is 41.5. The maximum atomic E-state index is 12.9. The number of aromatic nitrogens is 2. The van der Waals surface area contributed by atoms with Crippen molar-refractivity contribution in [1.82, 2.24) is 9.55 Å². The second-order valence-electron chi connectivity index (χ2n) is 8.02. The molecule has 0 amide bonds. The van der Waals surface area contributed by atoms with Crippen LogP contribution in [-0.2, 0) is 34.7 Å². The lowest BCUT2D eigenvalue weighted by Crippen LogP contribution is -2.33. The third-order valence-corrected chi connectivity index (χ3v) is 6.89. The van der Waals surface area contributed by atoms with E-state index in [1.54, 1.807) is 0 Å². The molecule has 3 heterocycles. The molecule has 4 rings (SSSR count). The summed E-state index contributed by atoms with van der Waals surface area (Å²) in [6, 6.07) is 3.84. The first-order valence-electron chi connectivity index (χ1n) is 10.5. The quantitative estimate of drug-likeness (QED) is 0.248. The standard InChI is InChI=1S/C20H22N3O11P/c1-11-7-22(20(26)21-19(11)25)18-6-16(32-12(2)24)17(33-18)9-30-10-35(29)31-8-13-5-14(23(27)28)3-4-15(13)34-35/h3-5,7,16-18H,6,8-10H2,1-2H3,(H,21,25,26)/t16?,17-,18-,35?/m1/s1. The third kappa shape index (κ3) is 5.51. The first kappa shape index (κ1) is 24.8. The number of nitrogens with zero attached hydrogens (tertiary/aromatic N) is 2. The molecule has 4 atom stereocenters. The lowest BCUT2D eigenvalue weighted by atomic mass is 10.2. The molecule has 0 radical (unpaired) electrons. The van der Waals surface area contributed by atoms with Crippen LogP contribution in [0.15, 0.2) is 34.0 Å². The summed E-state index contributed by atoms with van der Waals surface area (Å²) in [7, 11) is -3.73. The number of nitro groups is 1. The number of benzene rings is 1. The van der Waals surface area contributed by atoms with Crippen molar-refractivity contribution in [1.29, 1.82) is 0 Å². The fourth-order valence-electron chi connectivity index (χ4n) is 3.73. The minimum Gasteiger partial charge on any atom is -0.460 e. The lowest BCUT2D eigenvalue weighted by Gasteiger charge is -2.26. The molecule has 2 aliphatic heterocycles. The van der Waals surface area contributed by atoms with Gasteiger partial charge >= 0.3 is 19.3 Å². The van der Waals surface area contributed by atoms with Crippen molar-refractivity contribution < 1.29 is 37.5 Å². The van der Waals surface area contributed by atoms with Crippen LogP contribution in [0.1, 0.15) is 30.7 Å². The SMILES string of the molecule is CC(=O)OC1C[C@H](n2cc(C)c(=O)[nH]c2=O)O[C@@H]1COCP1(=O)OCc2cc([N+](=O)[O-])ccc2O1. The van der Waals surface area contributed by atoms with Gasteiger partial charge < -0.3 is 18.7 Å². The smallest absolute Gasteiger partial charge is 0.405 e. The first-order valence-corrected chi connectivity index (χ1v) is 12.2. The van der Waals surface area contributed by atoms with Gasteiger partial charge in [0, 0.05) is 42.8 Å². The molecule has 0 aliphatic carbocycles. The van der Waals surface area contributed by atoms with Crippen LogP contribution in [0.2, 0.25) is 0 Å². The molecule has 2 unspecified atom stereocenters. The summed E-state index contributed by atoms with van der Waals surface area (Å²) in [4.78, 5) is 48.0. The van der Waals surface area contributed by atoms with E-state index in [1.165, 1.54) is 42.8 Å². The van der Waals surface area contributed by atoms with Crippen LogP contribution in [0.4, 0.5) is 5.69 Å². The number of aryl methyl sites for hydroxylation is 1. The molecule has 1 aromatic carbocycles. The molecular formula is C20H22N3O11P. The molecule has 0 saturated carbocycles. The molecule has 1 aromatic heterocycles. The van der Waals surface area contributed by atoms with Crippen molar-refractivity contribution in [2.45, 2.75) is 45.3 Å². The zero-order chi connectivity index (χ0) is 25.3. The van der Waals surface area contributed by atoms with Crippen LogP contribution in [-0.4, -0.2) is 45.6 Å². The van der Waals surface area contributed by atoms with Crippen molar-refractivity contribution >= 4 is 19.3 Å². The van der Waals surface area contributed by atoms with Crippen molar-refractivity contribution in [2.75, 3.05) is 13.0 Å². The Bertz CT molecular complexity index is 1320. The summed E-state index contributed by atoms with van der Waals surface area (Å²) >= 11 is 0. The van der Waals surface area contributed by atoms with Crippen molar-refractivity contribution in [3.8, 4) is 5.75 Å². The number of H-pyrrole nitrogens is 1. The summed E-state index contributed by atoms with van der Waals surface area (Å²) in [5, 5.41) is 10.9. The highest BCUT2D eigenvalue weighted by molar-refractivity contribution is 7.54. The largest absolute Gasteiger partial charge is 0.460 e. The molecule has 1 saturated heterocycles.